The highest BCUT2D eigenvalue weighted by atomic mass is 28.1. The lowest BCUT2D eigenvalue weighted by Crippen LogP contribution is -1.80. The highest BCUT2D eigenvalue weighted by Crippen LogP contribution is 1.92. The van der Waals surface area contributed by atoms with Crippen LogP contribution in [0, 0.1) is 5.92 Å². The van der Waals surface area contributed by atoms with Crippen LogP contribution in [-0.2, 0) is 0 Å². The average Bonchev–Trinajstić information content (AvgIpc) is 1.38. The van der Waals surface area contributed by atoms with Crippen molar-refractivity contribution in [2.45, 2.75) is 19.9 Å². The maximum absolute atomic E-state index is 2.23. The van der Waals surface area contributed by atoms with Crippen LogP contribution in [0.25, 0.3) is 0 Å². The van der Waals surface area contributed by atoms with Crippen molar-refractivity contribution in [2.75, 3.05) is 0 Å². The predicted octanol–water partition coefficient (Wildman–Crippen LogP) is 0.694. The van der Waals surface area contributed by atoms with Crippen LogP contribution in [-0.4, -0.2) is 10.2 Å². The van der Waals surface area contributed by atoms with E-state index in [1.807, 2.05) is 10.2 Å². The monoisotopic (exact) mass is 87.1 g/mol. The van der Waals surface area contributed by atoms with Gasteiger partial charge >= 0.3 is 0 Å². The van der Waals surface area contributed by atoms with Crippen molar-refractivity contribution < 1.29 is 0 Å². The molecule has 0 heterocycles. The van der Waals surface area contributed by atoms with E-state index in [1.54, 1.807) is 0 Å². The van der Waals surface area contributed by atoms with E-state index in [2.05, 4.69) is 13.8 Å². The van der Waals surface area contributed by atoms with Gasteiger partial charge in [-0.25, -0.2) is 0 Å². The Morgan fingerprint density at radius 1 is 1.60 bits per heavy atom. The lowest BCUT2D eigenvalue weighted by molar-refractivity contribution is 0.735. The third-order valence-electron chi connectivity index (χ3n) is 0.577. The molecule has 0 saturated carbocycles. The molecule has 5 heavy (non-hydrogen) atoms. The molecule has 1 heteroatoms. The summed E-state index contributed by atoms with van der Waals surface area (Å²) in [5.74, 6) is 0.897. The van der Waals surface area contributed by atoms with Gasteiger partial charge in [0, 0.05) is 10.2 Å². The molecule has 0 atom stereocenters. The Bertz CT molecular complexity index is 17.6. The van der Waals surface area contributed by atoms with Gasteiger partial charge < -0.3 is 0 Å². The van der Waals surface area contributed by atoms with Gasteiger partial charge in [0.15, 0.2) is 0 Å². The fourth-order valence-electron chi connectivity index (χ4n) is 0. The van der Waals surface area contributed by atoms with Gasteiger partial charge in [-0.1, -0.05) is 25.8 Å². The lowest BCUT2D eigenvalue weighted by atomic mass is 10.3. The lowest BCUT2D eigenvalue weighted by Gasteiger charge is -1.90. The zero-order chi connectivity index (χ0) is 4.28. The topological polar surface area (TPSA) is 0 Å². The van der Waals surface area contributed by atoms with Gasteiger partial charge in [0.2, 0.25) is 0 Å². The average molecular weight is 87.2 g/mol. The van der Waals surface area contributed by atoms with Crippen molar-refractivity contribution in [1.29, 1.82) is 0 Å². The van der Waals surface area contributed by atoms with Crippen LogP contribution in [0.2, 0.25) is 6.04 Å². The Morgan fingerprint density at radius 2 is 1.80 bits per heavy atom. The zero-order valence-electron chi connectivity index (χ0n) is 3.99. The molecule has 1 radical (unpaired) electrons. The SMILES string of the molecule is CC(C)C[SiH2]. The summed E-state index contributed by atoms with van der Waals surface area (Å²) < 4.78 is 0. The van der Waals surface area contributed by atoms with Crippen LogP contribution in [0.5, 0.6) is 0 Å². The van der Waals surface area contributed by atoms with E-state index >= 15 is 0 Å². The Hall–Kier alpha value is 0.217. The van der Waals surface area contributed by atoms with Crippen LogP contribution in [0.15, 0.2) is 0 Å². The van der Waals surface area contributed by atoms with Crippen molar-refractivity contribution in [3.63, 3.8) is 0 Å². The van der Waals surface area contributed by atoms with Gasteiger partial charge in [0.1, 0.15) is 0 Å². The first-order chi connectivity index (χ1) is 2.27. The Labute approximate surface area is 37.0 Å². The first-order valence-corrected chi connectivity index (χ1v) is 3.06. The molecule has 0 fully saturated rings. The molecule has 0 aliphatic rings. The Morgan fingerprint density at radius 3 is 1.80 bits per heavy atom. The van der Waals surface area contributed by atoms with E-state index < -0.39 is 0 Å². The molecule has 31 valence electrons. The van der Waals surface area contributed by atoms with Gasteiger partial charge in [0.25, 0.3) is 0 Å². The molecule has 0 aromatic heterocycles. The van der Waals surface area contributed by atoms with Gasteiger partial charge in [-0.15, -0.1) is 0 Å². The fraction of sp³-hybridized carbons (Fsp3) is 1.00. The molecule has 0 aromatic carbocycles. The van der Waals surface area contributed by atoms with Gasteiger partial charge in [0.05, 0.1) is 0 Å². The van der Waals surface area contributed by atoms with E-state index in [4.69, 9.17) is 0 Å². The minimum Gasteiger partial charge on any atom is -0.0631 e. The molecule has 0 aliphatic heterocycles. The molecule has 0 aromatic rings. The summed E-state index contributed by atoms with van der Waals surface area (Å²) in [6.45, 7) is 4.46. The third kappa shape index (κ3) is 4.22. The molecule has 0 nitrogen and oxygen atoms in total. The van der Waals surface area contributed by atoms with Crippen molar-refractivity contribution in [3.05, 3.63) is 0 Å². The molecular formula is C4H11Si. The minimum absolute atomic E-state index is 0.897. The van der Waals surface area contributed by atoms with Crippen LogP contribution in [0.3, 0.4) is 0 Å². The molecule has 0 N–H and O–H groups in total. The van der Waals surface area contributed by atoms with Crippen molar-refractivity contribution in [2.24, 2.45) is 5.92 Å². The molecule has 0 rings (SSSR count). The molecular weight excluding hydrogens is 76.1 g/mol. The quantitative estimate of drug-likeness (QED) is 0.413. The summed E-state index contributed by atoms with van der Waals surface area (Å²) in [6.07, 6.45) is 0. The zero-order valence-corrected chi connectivity index (χ0v) is 5.41. The third-order valence-corrected chi connectivity index (χ3v) is 1.73. The fourth-order valence-corrected chi connectivity index (χ4v) is 0. The minimum atomic E-state index is 0.897. The van der Waals surface area contributed by atoms with E-state index in [1.165, 1.54) is 6.04 Å². The van der Waals surface area contributed by atoms with Crippen LogP contribution >= 0.6 is 0 Å². The van der Waals surface area contributed by atoms with Gasteiger partial charge in [-0.05, 0) is 0 Å². The Balaban J connectivity index is 2.54. The van der Waals surface area contributed by atoms with Gasteiger partial charge in [-0.3, -0.25) is 0 Å². The van der Waals surface area contributed by atoms with Crippen LogP contribution < -0.4 is 0 Å². The van der Waals surface area contributed by atoms with Crippen LogP contribution in [0.4, 0.5) is 0 Å². The van der Waals surface area contributed by atoms with Gasteiger partial charge in [-0.2, -0.15) is 0 Å². The van der Waals surface area contributed by atoms with E-state index in [0.717, 1.165) is 5.92 Å². The normalized spacial score (nSPS) is 9.60. The van der Waals surface area contributed by atoms with E-state index in [0.29, 0.717) is 0 Å². The highest BCUT2D eigenvalue weighted by Gasteiger charge is 1.80. The largest absolute Gasteiger partial charge is 0.0631 e. The summed E-state index contributed by atoms with van der Waals surface area (Å²) in [7, 11) is 2.03. The first-order valence-electron chi connectivity index (χ1n) is 2.06. The smallest absolute Gasteiger partial charge is 0.00830 e. The van der Waals surface area contributed by atoms with E-state index in [9.17, 15) is 0 Å². The highest BCUT2D eigenvalue weighted by molar-refractivity contribution is 6.08. The maximum Gasteiger partial charge on any atom is 0.00830 e. The second-order valence-electron chi connectivity index (χ2n) is 1.68. The standard InChI is InChI=1S/C4H11Si/c1-4(2)3-5/h4H,3,5H2,1-2H3. The summed E-state index contributed by atoms with van der Waals surface area (Å²) in [5.41, 5.74) is 0. The predicted molar refractivity (Wildman–Crippen MR) is 28.2 cm³/mol. The molecule has 0 unspecified atom stereocenters. The molecule has 0 bridgehead atoms. The number of hydrogen-bond acceptors (Lipinski definition) is 0. The summed E-state index contributed by atoms with van der Waals surface area (Å²) >= 11 is 0. The van der Waals surface area contributed by atoms with Crippen molar-refractivity contribution in [3.8, 4) is 0 Å². The second-order valence-corrected chi connectivity index (χ2v) is 2.26. The summed E-state index contributed by atoms with van der Waals surface area (Å²) in [4.78, 5) is 0. The second kappa shape index (κ2) is 2.45. The van der Waals surface area contributed by atoms with Crippen molar-refractivity contribution in [1.82, 2.24) is 0 Å². The molecule has 0 amide bonds. The number of hydrogen-bond donors (Lipinski definition) is 0. The summed E-state index contributed by atoms with van der Waals surface area (Å²) in [5, 5.41) is 0. The van der Waals surface area contributed by atoms with E-state index in [-0.39, 0.29) is 0 Å². The molecule has 0 saturated heterocycles. The van der Waals surface area contributed by atoms with Crippen LogP contribution in [0.1, 0.15) is 13.8 Å². The number of rotatable bonds is 1. The maximum atomic E-state index is 2.23. The van der Waals surface area contributed by atoms with Crippen molar-refractivity contribution >= 4 is 10.2 Å². The summed E-state index contributed by atoms with van der Waals surface area (Å²) in [6, 6.07) is 1.33. The molecule has 0 spiro atoms. The first kappa shape index (κ1) is 5.22. The Kier molecular flexibility index (Phi) is 2.56. The molecule has 0 aliphatic carbocycles.